The summed E-state index contributed by atoms with van der Waals surface area (Å²) in [5.41, 5.74) is 5.57. The van der Waals surface area contributed by atoms with Crippen molar-refractivity contribution >= 4 is 5.91 Å². The number of hydrogen-bond donors (Lipinski definition) is 2. The highest BCUT2D eigenvalue weighted by molar-refractivity contribution is 5.82. The smallest absolute Gasteiger partial charge is 0.227 e. The lowest BCUT2D eigenvalue weighted by atomic mass is 9.78. The van der Waals surface area contributed by atoms with E-state index in [1.807, 2.05) is 0 Å². The summed E-state index contributed by atoms with van der Waals surface area (Å²) in [4.78, 5) is 15.0. The fourth-order valence-electron chi connectivity index (χ4n) is 3.20. The molecule has 0 saturated carbocycles. The number of nitrogens with zero attached hydrogens (tertiary/aromatic N) is 1. The van der Waals surface area contributed by atoms with E-state index in [0.717, 1.165) is 32.2 Å². The second kappa shape index (κ2) is 10.2. The Hall–Kier alpha value is -0.610. The van der Waals surface area contributed by atoms with Crippen LogP contribution in [0.5, 0.6) is 0 Å². The van der Waals surface area contributed by atoms with E-state index in [2.05, 4.69) is 51.8 Å². The molecule has 0 aliphatic rings. The van der Waals surface area contributed by atoms with Gasteiger partial charge in [0.05, 0.1) is 5.41 Å². The molecule has 0 fully saturated rings. The highest BCUT2D eigenvalue weighted by atomic mass is 16.2. The Morgan fingerprint density at radius 2 is 1.57 bits per heavy atom. The van der Waals surface area contributed by atoms with Crippen LogP contribution in [-0.2, 0) is 4.79 Å². The van der Waals surface area contributed by atoms with Crippen molar-refractivity contribution in [3.8, 4) is 0 Å². The molecule has 126 valence electrons. The van der Waals surface area contributed by atoms with E-state index < -0.39 is 0 Å². The van der Waals surface area contributed by atoms with Crippen molar-refractivity contribution in [1.29, 1.82) is 0 Å². The SMILES string of the molecule is CCCC(CN)(CCC)C(=O)NCCN(C(C)C)C(C)C. The van der Waals surface area contributed by atoms with Gasteiger partial charge in [0.2, 0.25) is 5.91 Å². The molecule has 0 radical (unpaired) electrons. The molecule has 0 bridgehead atoms. The molecule has 0 aromatic carbocycles. The van der Waals surface area contributed by atoms with Crippen LogP contribution in [0, 0.1) is 5.41 Å². The van der Waals surface area contributed by atoms with E-state index >= 15 is 0 Å². The summed E-state index contributed by atoms with van der Waals surface area (Å²) < 4.78 is 0. The molecule has 4 nitrogen and oxygen atoms in total. The van der Waals surface area contributed by atoms with Crippen molar-refractivity contribution in [3.63, 3.8) is 0 Å². The zero-order valence-electron chi connectivity index (χ0n) is 15.0. The van der Waals surface area contributed by atoms with Crippen LogP contribution in [0.3, 0.4) is 0 Å². The molecule has 0 heterocycles. The van der Waals surface area contributed by atoms with Gasteiger partial charge in [0.15, 0.2) is 0 Å². The summed E-state index contributed by atoms with van der Waals surface area (Å²) in [5, 5.41) is 3.12. The first-order valence-electron chi connectivity index (χ1n) is 8.58. The summed E-state index contributed by atoms with van der Waals surface area (Å²) in [6.07, 6.45) is 3.74. The third kappa shape index (κ3) is 6.35. The van der Waals surface area contributed by atoms with Crippen LogP contribution in [0.15, 0.2) is 0 Å². The number of nitrogens with two attached hydrogens (primary N) is 1. The highest BCUT2D eigenvalue weighted by Crippen LogP contribution is 2.28. The topological polar surface area (TPSA) is 58.4 Å². The number of carbonyl (C=O) groups is 1. The van der Waals surface area contributed by atoms with Gasteiger partial charge >= 0.3 is 0 Å². The van der Waals surface area contributed by atoms with Crippen LogP contribution in [0.2, 0.25) is 0 Å². The zero-order chi connectivity index (χ0) is 16.5. The Morgan fingerprint density at radius 1 is 1.10 bits per heavy atom. The van der Waals surface area contributed by atoms with E-state index in [-0.39, 0.29) is 11.3 Å². The van der Waals surface area contributed by atoms with Gasteiger partial charge in [0, 0.05) is 31.7 Å². The molecule has 1 amide bonds. The third-order valence-corrected chi connectivity index (χ3v) is 4.31. The fourth-order valence-corrected chi connectivity index (χ4v) is 3.20. The molecule has 0 atom stereocenters. The minimum Gasteiger partial charge on any atom is -0.354 e. The summed E-state index contributed by atoms with van der Waals surface area (Å²) in [6, 6.07) is 0.986. The minimum atomic E-state index is -0.371. The van der Waals surface area contributed by atoms with Crippen LogP contribution >= 0.6 is 0 Å². The maximum absolute atomic E-state index is 12.6. The summed E-state index contributed by atoms with van der Waals surface area (Å²) in [5.74, 6) is 0.140. The van der Waals surface area contributed by atoms with Crippen LogP contribution in [-0.4, -0.2) is 42.5 Å². The summed E-state index contributed by atoms with van der Waals surface area (Å²) >= 11 is 0. The van der Waals surface area contributed by atoms with Crippen molar-refractivity contribution in [3.05, 3.63) is 0 Å². The van der Waals surface area contributed by atoms with Crippen molar-refractivity contribution in [2.45, 2.75) is 79.3 Å². The van der Waals surface area contributed by atoms with Gasteiger partial charge < -0.3 is 11.1 Å². The maximum atomic E-state index is 12.6. The average Bonchev–Trinajstić information content (AvgIpc) is 2.41. The molecule has 0 aliphatic carbocycles. The largest absolute Gasteiger partial charge is 0.354 e. The maximum Gasteiger partial charge on any atom is 0.227 e. The van der Waals surface area contributed by atoms with E-state index in [4.69, 9.17) is 5.73 Å². The molecule has 0 unspecified atom stereocenters. The number of hydrogen-bond acceptors (Lipinski definition) is 3. The normalized spacial score (nSPS) is 12.5. The van der Waals surface area contributed by atoms with Crippen molar-refractivity contribution in [2.75, 3.05) is 19.6 Å². The minimum absolute atomic E-state index is 0.140. The lowest BCUT2D eigenvalue weighted by Gasteiger charge is -2.33. The van der Waals surface area contributed by atoms with Gasteiger partial charge in [-0.2, -0.15) is 0 Å². The van der Waals surface area contributed by atoms with Gasteiger partial charge in [0.25, 0.3) is 0 Å². The molecule has 21 heavy (non-hydrogen) atoms. The van der Waals surface area contributed by atoms with Gasteiger partial charge in [-0.3, -0.25) is 9.69 Å². The second-order valence-electron chi connectivity index (χ2n) is 6.67. The standard InChI is InChI=1S/C17H37N3O/c1-7-9-17(13-18,10-8-2)16(21)19-11-12-20(14(3)4)15(5)6/h14-15H,7-13,18H2,1-6H3,(H,19,21). The molecule has 0 spiro atoms. The van der Waals surface area contributed by atoms with E-state index in [0.29, 0.717) is 25.2 Å². The average molecular weight is 300 g/mol. The van der Waals surface area contributed by atoms with Crippen molar-refractivity contribution < 1.29 is 4.79 Å². The lowest BCUT2D eigenvalue weighted by Crippen LogP contribution is -2.49. The predicted molar refractivity (Wildman–Crippen MR) is 91.3 cm³/mol. The van der Waals surface area contributed by atoms with Crippen LogP contribution in [0.25, 0.3) is 0 Å². The van der Waals surface area contributed by atoms with Crippen LogP contribution in [0.1, 0.15) is 67.2 Å². The van der Waals surface area contributed by atoms with Crippen molar-refractivity contribution in [1.82, 2.24) is 10.2 Å². The Bertz CT molecular complexity index is 276. The molecule has 0 saturated heterocycles. The first kappa shape index (κ1) is 20.4. The molecule has 0 aliphatic heterocycles. The van der Waals surface area contributed by atoms with Gasteiger partial charge in [-0.25, -0.2) is 0 Å². The van der Waals surface area contributed by atoms with Crippen LogP contribution in [0.4, 0.5) is 0 Å². The molecule has 0 aromatic rings. The monoisotopic (exact) mass is 299 g/mol. The first-order chi connectivity index (χ1) is 9.84. The number of rotatable bonds is 11. The molecule has 3 N–H and O–H groups in total. The quantitative estimate of drug-likeness (QED) is 0.617. The molecule has 0 aromatic heterocycles. The zero-order valence-corrected chi connectivity index (χ0v) is 15.0. The Balaban J connectivity index is 4.56. The third-order valence-electron chi connectivity index (χ3n) is 4.31. The number of nitrogens with one attached hydrogen (secondary N) is 1. The molecular formula is C17H37N3O. The van der Waals surface area contributed by atoms with Crippen LogP contribution < -0.4 is 11.1 Å². The van der Waals surface area contributed by atoms with E-state index in [1.165, 1.54) is 0 Å². The summed E-state index contributed by atoms with van der Waals surface area (Å²) in [7, 11) is 0. The number of amides is 1. The lowest BCUT2D eigenvalue weighted by molar-refractivity contribution is -0.131. The first-order valence-corrected chi connectivity index (χ1v) is 8.58. The highest BCUT2D eigenvalue weighted by Gasteiger charge is 2.34. The summed E-state index contributed by atoms with van der Waals surface area (Å²) in [6.45, 7) is 15.0. The van der Waals surface area contributed by atoms with E-state index in [9.17, 15) is 4.79 Å². The van der Waals surface area contributed by atoms with Crippen molar-refractivity contribution in [2.24, 2.45) is 11.1 Å². The second-order valence-corrected chi connectivity index (χ2v) is 6.67. The van der Waals surface area contributed by atoms with Gasteiger partial charge in [-0.05, 0) is 40.5 Å². The Morgan fingerprint density at radius 3 is 1.90 bits per heavy atom. The van der Waals surface area contributed by atoms with Gasteiger partial charge in [-0.1, -0.05) is 26.7 Å². The fraction of sp³-hybridized carbons (Fsp3) is 0.941. The Labute approximate surface area is 131 Å². The van der Waals surface area contributed by atoms with Gasteiger partial charge in [0.1, 0.15) is 0 Å². The Kier molecular flexibility index (Phi) is 9.88. The predicted octanol–water partition coefficient (Wildman–Crippen LogP) is 2.77. The molecular weight excluding hydrogens is 262 g/mol. The van der Waals surface area contributed by atoms with E-state index in [1.54, 1.807) is 0 Å². The molecule has 4 heteroatoms. The number of carbonyl (C=O) groups excluding carboxylic acids is 1. The van der Waals surface area contributed by atoms with Gasteiger partial charge in [-0.15, -0.1) is 0 Å². The molecule has 0 rings (SSSR count).